The maximum atomic E-state index is 11.3. The molecule has 0 aliphatic carbocycles. The molecule has 0 unspecified atom stereocenters. The van der Waals surface area contributed by atoms with Gasteiger partial charge in [0.1, 0.15) is 0 Å². The SMILES string of the molecule is C/C(N)=C\C(=O)c1ccccc1.[Na+]. The maximum absolute atomic E-state index is 11.3. The number of hydrogen-bond acceptors (Lipinski definition) is 2. The Balaban J connectivity index is 0.00000144. The molecule has 0 bridgehead atoms. The number of hydrogen-bond donors (Lipinski definition) is 1. The first kappa shape index (κ1) is 12.4. The molecule has 0 amide bonds. The molecule has 0 fully saturated rings. The van der Waals surface area contributed by atoms with Gasteiger partial charge < -0.3 is 5.73 Å². The Labute approximate surface area is 100 Å². The third-order valence-corrected chi connectivity index (χ3v) is 1.42. The van der Waals surface area contributed by atoms with E-state index in [1.54, 1.807) is 19.1 Å². The predicted molar refractivity (Wildman–Crippen MR) is 48.7 cm³/mol. The summed E-state index contributed by atoms with van der Waals surface area (Å²) in [4.78, 5) is 11.3. The van der Waals surface area contributed by atoms with Gasteiger partial charge in [-0.3, -0.25) is 4.79 Å². The number of benzene rings is 1. The fourth-order valence-corrected chi connectivity index (χ4v) is 0.893. The fourth-order valence-electron chi connectivity index (χ4n) is 0.893. The molecule has 13 heavy (non-hydrogen) atoms. The molecule has 2 nitrogen and oxygen atoms in total. The van der Waals surface area contributed by atoms with Crippen molar-refractivity contribution in [2.24, 2.45) is 5.73 Å². The largest absolute Gasteiger partial charge is 1.00 e. The summed E-state index contributed by atoms with van der Waals surface area (Å²) in [6.45, 7) is 1.70. The first-order chi connectivity index (χ1) is 5.70. The number of carbonyl (C=O) groups is 1. The second kappa shape index (κ2) is 5.97. The molecule has 1 aromatic carbocycles. The van der Waals surface area contributed by atoms with Crippen LogP contribution in [0.15, 0.2) is 42.1 Å². The minimum atomic E-state index is -0.0457. The van der Waals surface area contributed by atoms with E-state index >= 15 is 0 Å². The summed E-state index contributed by atoms with van der Waals surface area (Å²) in [5, 5.41) is 0. The van der Waals surface area contributed by atoms with Gasteiger partial charge in [-0.2, -0.15) is 0 Å². The van der Waals surface area contributed by atoms with Crippen molar-refractivity contribution in [2.45, 2.75) is 6.92 Å². The normalized spacial score (nSPS) is 10.4. The molecule has 0 radical (unpaired) electrons. The van der Waals surface area contributed by atoms with Gasteiger partial charge in [0.05, 0.1) is 0 Å². The Morgan fingerprint density at radius 1 is 1.31 bits per heavy atom. The van der Waals surface area contributed by atoms with Gasteiger partial charge in [0.25, 0.3) is 0 Å². The van der Waals surface area contributed by atoms with Crippen molar-refractivity contribution < 1.29 is 34.4 Å². The number of nitrogens with two attached hydrogens (primary N) is 1. The van der Waals surface area contributed by atoms with Crippen molar-refractivity contribution >= 4 is 5.78 Å². The summed E-state index contributed by atoms with van der Waals surface area (Å²) in [5.41, 5.74) is 6.57. The van der Waals surface area contributed by atoms with E-state index in [0.29, 0.717) is 11.3 Å². The molecule has 1 rings (SSSR count). The van der Waals surface area contributed by atoms with E-state index in [1.165, 1.54) is 6.08 Å². The predicted octanol–water partition coefficient (Wildman–Crippen LogP) is -1.26. The van der Waals surface area contributed by atoms with E-state index < -0.39 is 0 Å². The molecule has 0 heterocycles. The minimum Gasteiger partial charge on any atom is -0.402 e. The topological polar surface area (TPSA) is 43.1 Å². The summed E-state index contributed by atoms with van der Waals surface area (Å²) >= 11 is 0. The molecule has 62 valence electrons. The molecule has 0 aliphatic heterocycles. The van der Waals surface area contributed by atoms with Crippen LogP contribution in [-0.2, 0) is 0 Å². The number of allylic oxidation sites excluding steroid dienone is 2. The van der Waals surface area contributed by atoms with Crippen LogP contribution in [-0.4, -0.2) is 5.78 Å². The van der Waals surface area contributed by atoms with E-state index in [1.807, 2.05) is 18.2 Å². The molecule has 0 saturated carbocycles. The van der Waals surface area contributed by atoms with Gasteiger partial charge in [0.2, 0.25) is 0 Å². The third kappa shape index (κ3) is 4.27. The van der Waals surface area contributed by atoms with Crippen molar-refractivity contribution in [2.75, 3.05) is 0 Å². The second-order valence-electron chi connectivity index (χ2n) is 2.62. The first-order valence-corrected chi connectivity index (χ1v) is 3.73. The van der Waals surface area contributed by atoms with Crippen LogP contribution in [0.5, 0.6) is 0 Å². The van der Waals surface area contributed by atoms with Gasteiger partial charge >= 0.3 is 29.6 Å². The smallest absolute Gasteiger partial charge is 0.402 e. The average molecular weight is 184 g/mol. The molecule has 2 N–H and O–H groups in total. The van der Waals surface area contributed by atoms with Crippen molar-refractivity contribution in [1.29, 1.82) is 0 Å². The van der Waals surface area contributed by atoms with Gasteiger partial charge in [-0.25, -0.2) is 0 Å². The van der Waals surface area contributed by atoms with Crippen LogP contribution in [0.25, 0.3) is 0 Å². The summed E-state index contributed by atoms with van der Waals surface area (Å²) in [7, 11) is 0. The third-order valence-electron chi connectivity index (χ3n) is 1.42. The number of ketones is 1. The van der Waals surface area contributed by atoms with E-state index in [2.05, 4.69) is 0 Å². The van der Waals surface area contributed by atoms with E-state index in [0.717, 1.165) is 0 Å². The molecular weight excluding hydrogens is 173 g/mol. The molecule has 0 saturated heterocycles. The van der Waals surface area contributed by atoms with Crippen LogP contribution in [0.2, 0.25) is 0 Å². The van der Waals surface area contributed by atoms with Gasteiger partial charge in [-0.1, -0.05) is 30.3 Å². The van der Waals surface area contributed by atoms with Crippen LogP contribution >= 0.6 is 0 Å². The zero-order valence-electron chi connectivity index (χ0n) is 7.95. The molecule has 1 aromatic rings. The van der Waals surface area contributed by atoms with Crippen molar-refractivity contribution in [3.05, 3.63) is 47.7 Å². The van der Waals surface area contributed by atoms with E-state index in [-0.39, 0.29) is 35.3 Å². The maximum Gasteiger partial charge on any atom is 1.00 e. The summed E-state index contributed by atoms with van der Waals surface area (Å²) in [6.07, 6.45) is 1.43. The van der Waals surface area contributed by atoms with Crippen molar-refractivity contribution in [1.82, 2.24) is 0 Å². The molecule has 0 spiro atoms. The van der Waals surface area contributed by atoms with Crippen LogP contribution in [0.1, 0.15) is 17.3 Å². The summed E-state index contributed by atoms with van der Waals surface area (Å²) < 4.78 is 0. The molecular formula is C10H11NNaO+. The van der Waals surface area contributed by atoms with Gasteiger partial charge in [-0.05, 0) is 6.92 Å². The van der Waals surface area contributed by atoms with E-state index in [9.17, 15) is 4.79 Å². The Hall–Kier alpha value is -0.570. The van der Waals surface area contributed by atoms with Crippen molar-refractivity contribution in [3.63, 3.8) is 0 Å². The van der Waals surface area contributed by atoms with Crippen LogP contribution in [0, 0.1) is 0 Å². The van der Waals surface area contributed by atoms with Crippen LogP contribution in [0.3, 0.4) is 0 Å². The minimum absolute atomic E-state index is 0. The Kier molecular flexibility index (Phi) is 5.71. The Morgan fingerprint density at radius 3 is 2.31 bits per heavy atom. The summed E-state index contributed by atoms with van der Waals surface area (Å²) in [6, 6.07) is 9.05. The van der Waals surface area contributed by atoms with E-state index in [4.69, 9.17) is 5.73 Å². The zero-order valence-corrected chi connectivity index (χ0v) is 9.95. The molecule has 0 aromatic heterocycles. The summed E-state index contributed by atoms with van der Waals surface area (Å²) in [5.74, 6) is -0.0457. The molecule has 0 atom stereocenters. The Bertz CT molecular complexity index is 302. The van der Waals surface area contributed by atoms with Gasteiger partial charge in [0.15, 0.2) is 5.78 Å². The van der Waals surface area contributed by atoms with Crippen LogP contribution < -0.4 is 35.3 Å². The molecule has 3 heteroatoms. The first-order valence-electron chi connectivity index (χ1n) is 3.73. The second-order valence-corrected chi connectivity index (χ2v) is 2.62. The average Bonchev–Trinajstić information content (AvgIpc) is 2.05. The number of carbonyl (C=O) groups excluding carboxylic acids is 1. The monoisotopic (exact) mass is 184 g/mol. The molecule has 0 aliphatic rings. The zero-order chi connectivity index (χ0) is 8.97. The number of rotatable bonds is 2. The van der Waals surface area contributed by atoms with Crippen LogP contribution in [0.4, 0.5) is 0 Å². The van der Waals surface area contributed by atoms with Gasteiger partial charge in [0, 0.05) is 17.3 Å². The quantitative estimate of drug-likeness (QED) is 0.354. The van der Waals surface area contributed by atoms with Gasteiger partial charge in [-0.15, -0.1) is 0 Å². The standard InChI is InChI=1S/C10H11NO.Na/c1-8(11)7-10(12)9-5-3-2-4-6-9;/h2-7H,11H2,1H3;/q;+1/b8-7+;. The fraction of sp³-hybridized carbons (Fsp3) is 0.100. The Morgan fingerprint density at radius 2 is 1.85 bits per heavy atom. The van der Waals surface area contributed by atoms with Crippen molar-refractivity contribution in [3.8, 4) is 0 Å².